The Bertz CT molecular complexity index is 521. The fraction of sp³-hybridized carbons (Fsp3) is 0.462. The van der Waals surface area contributed by atoms with Crippen LogP contribution in [0.25, 0.3) is 0 Å². The van der Waals surface area contributed by atoms with E-state index in [1.165, 1.54) is 0 Å². The van der Waals surface area contributed by atoms with Crippen molar-refractivity contribution in [2.45, 2.75) is 32.4 Å². The molecule has 21 heavy (non-hydrogen) atoms. The molecule has 0 saturated carbocycles. The van der Waals surface area contributed by atoms with Crippen molar-refractivity contribution >= 4 is 11.7 Å². The standard InChI is InChI=1S/C13H17FN2O5/c1-8(2)15-10(13(17)18)5-6-21-12-7-9(14)3-4-11(12)16(19)20/h3-4,7-8,10,15H,5-6H2,1-2H3,(H,17,18). The smallest absolute Gasteiger partial charge is 0.320 e. The van der Waals surface area contributed by atoms with Gasteiger partial charge in [-0.25, -0.2) is 4.39 Å². The molecule has 0 aliphatic carbocycles. The molecule has 1 aromatic rings. The van der Waals surface area contributed by atoms with Gasteiger partial charge >= 0.3 is 11.7 Å². The summed E-state index contributed by atoms with van der Waals surface area (Å²) in [6, 6.07) is 2.01. The lowest BCUT2D eigenvalue weighted by Crippen LogP contribution is -2.41. The minimum absolute atomic E-state index is 0.0328. The van der Waals surface area contributed by atoms with E-state index in [9.17, 15) is 19.3 Å². The van der Waals surface area contributed by atoms with E-state index in [1.807, 2.05) is 0 Å². The fourth-order valence-electron chi connectivity index (χ4n) is 1.72. The normalized spacial score (nSPS) is 12.2. The van der Waals surface area contributed by atoms with Gasteiger partial charge in [0.15, 0.2) is 5.75 Å². The number of nitrogens with zero attached hydrogens (tertiary/aromatic N) is 1. The number of hydrogen-bond acceptors (Lipinski definition) is 5. The number of nitro groups is 1. The molecule has 1 unspecified atom stereocenters. The first kappa shape index (κ1) is 16.8. The van der Waals surface area contributed by atoms with Crippen molar-refractivity contribution in [1.82, 2.24) is 5.32 Å². The van der Waals surface area contributed by atoms with Gasteiger partial charge in [-0.1, -0.05) is 13.8 Å². The van der Waals surface area contributed by atoms with E-state index in [2.05, 4.69) is 5.32 Å². The number of nitro benzene ring substituents is 1. The van der Waals surface area contributed by atoms with Crippen LogP contribution in [-0.4, -0.2) is 34.7 Å². The highest BCUT2D eigenvalue weighted by Gasteiger charge is 2.20. The van der Waals surface area contributed by atoms with Gasteiger partial charge in [0.25, 0.3) is 0 Å². The van der Waals surface area contributed by atoms with Crippen molar-refractivity contribution in [3.63, 3.8) is 0 Å². The number of ether oxygens (including phenoxy) is 1. The van der Waals surface area contributed by atoms with Gasteiger partial charge in [-0.15, -0.1) is 0 Å². The first-order valence-corrected chi connectivity index (χ1v) is 6.37. The van der Waals surface area contributed by atoms with Crippen LogP contribution < -0.4 is 10.1 Å². The number of carboxylic acid groups (broad SMARTS) is 1. The number of halogens is 1. The molecule has 0 aliphatic rings. The molecule has 0 aliphatic heterocycles. The SMILES string of the molecule is CC(C)NC(CCOc1cc(F)ccc1[N+](=O)[O-])C(=O)O. The fourth-order valence-corrected chi connectivity index (χ4v) is 1.72. The zero-order chi connectivity index (χ0) is 16.0. The molecule has 8 heteroatoms. The maximum absolute atomic E-state index is 13.1. The Hall–Kier alpha value is -2.22. The average Bonchev–Trinajstić information content (AvgIpc) is 2.36. The lowest BCUT2D eigenvalue weighted by molar-refractivity contribution is -0.385. The number of aliphatic carboxylic acids is 1. The van der Waals surface area contributed by atoms with Crippen LogP contribution in [0, 0.1) is 15.9 Å². The van der Waals surface area contributed by atoms with Crippen molar-refractivity contribution in [3.05, 3.63) is 34.1 Å². The van der Waals surface area contributed by atoms with E-state index in [1.54, 1.807) is 13.8 Å². The zero-order valence-electron chi connectivity index (χ0n) is 11.7. The number of rotatable bonds is 8. The Balaban J connectivity index is 2.68. The van der Waals surface area contributed by atoms with Crippen LogP contribution in [0.5, 0.6) is 5.75 Å². The zero-order valence-corrected chi connectivity index (χ0v) is 11.7. The molecular weight excluding hydrogens is 283 g/mol. The Kier molecular flexibility index (Phi) is 6.04. The Morgan fingerprint density at radius 1 is 1.52 bits per heavy atom. The highest BCUT2D eigenvalue weighted by Crippen LogP contribution is 2.27. The average molecular weight is 300 g/mol. The second-order valence-electron chi connectivity index (χ2n) is 4.72. The number of carboxylic acids is 1. The van der Waals surface area contributed by atoms with Gasteiger partial charge in [-0.3, -0.25) is 14.9 Å². The molecule has 0 heterocycles. The van der Waals surface area contributed by atoms with Crippen molar-refractivity contribution in [1.29, 1.82) is 0 Å². The summed E-state index contributed by atoms with van der Waals surface area (Å²) in [5.41, 5.74) is -0.361. The molecule has 1 aromatic carbocycles. The van der Waals surface area contributed by atoms with Crippen LogP contribution in [0.4, 0.5) is 10.1 Å². The number of hydrogen-bond donors (Lipinski definition) is 2. The van der Waals surface area contributed by atoms with E-state index in [0.29, 0.717) is 0 Å². The summed E-state index contributed by atoms with van der Waals surface area (Å²) in [5.74, 6) is -1.92. The number of benzene rings is 1. The van der Waals surface area contributed by atoms with E-state index in [0.717, 1.165) is 18.2 Å². The van der Waals surface area contributed by atoms with E-state index in [-0.39, 0.29) is 30.5 Å². The molecule has 1 rings (SSSR count). The summed E-state index contributed by atoms with van der Waals surface area (Å²) in [7, 11) is 0. The van der Waals surface area contributed by atoms with Gasteiger partial charge < -0.3 is 15.2 Å². The van der Waals surface area contributed by atoms with Crippen molar-refractivity contribution in [2.75, 3.05) is 6.61 Å². The topological polar surface area (TPSA) is 102 Å². The molecule has 0 aromatic heterocycles. The van der Waals surface area contributed by atoms with Gasteiger partial charge in [0.1, 0.15) is 11.9 Å². The molecule has 1 atom stereocenters. The molecule has 0 saturated heterocycles. The molecule has 0 radical (unpaired) electrons. The van der Waals surface area contributed by atoms with Gasteiger partial charge in [-0.05, 0) is 6.07 Å². The molecule has 7 nitrogen and oxygen atoms in total. The largest absolute Gasteiger partial charge is 0.487 e. The van der Waals surface area contributed by atoms with E-state index >= 15 is 0 Å². The molecule has 2 N–H and O–H groups in total. The monoisotopic (exact) mass is 300 g/mol. The lowest BCUT2D eigenvalue weighted by atomic mass is 10.2. The summed E-state index contributed by atoms with van der Waals surface area (Å²) >= 11 is 0. The van der Waals surface area contributed by atoms with Crippen LogP contribution in [-0.2, 0) is 4.79 Å². The third-order valence-corrected chi connectivity index (χ3v) is 2.62. The van der Waals surface area contributed by atoms with E-state index < -0.39 is 22.8 Å². The quantitative estimate of drug-likeness (QED) is 0.562. The molecule has 0 bridgehead atoms. The highest BCUT2D eigenvalue weighted by molar-refractivity contribution is 5.73. The highest BCUT2D eigenvalue weighted by atomic mass is 19.1. The maximum atomic E-state index is 13.1. The molecule has 116 valence electrons. The van der Waals surface area contributed by atoms with Crippen LogP contribution in [0.3, 0.4) is 0 Å². The van der Waals surface area contributed by atoms with Crippen LogP contribution in [0.2, 0.25) is 0 Å². The summed E-state index contributed by atoms with van der Waals surface area (Å²) in [5, 5.41) is 22.6. The molecule has 0 spiro atoms. The third-order valence-electron chi connectivity index (χ3n) is 2.62. The molecule has 0 fully saturated rings. The van der Waals surface area contributed by atoms with Crippen molar-refractivity contribution < 1.29 is 24.0 Å². The number of carbonyl (C=O) groups is 1. The van der Waals surface area contributed by atoms with Crippen LogP contribution >= 0.6 is 0 Å². The Labute approximate surface area is 120 Å². The minimum atomic E-state index is -1.04. The first-order chi connectivity index (χ1) is 9.81. The maximum Gasteiger partial charge on any atom is 0.320 e. The summed E-state index contributed by atoms with van der Waals surface area (Å²) < 4.78 is 18.2. The summed E-state index contributed by atoms with van der Waals surface area (Å²) in [6.07, 6.45) is 0.0984. The molecule has 0 amide bonds. The van der Waals surface area contributed by atoms with Crippen molar-refractivity contribution in [3.8, 4) is 5.75 Å². The Morgan fingerprint density at radius 2 is 2.19 bits per heavy atom. The minimum Gasteiger partial charge on any atom is -0.487 e. The van der Waals surface area contributed by atoms with Gasteiger partial charge in [-0.2, -0.15) is 0 Å². The lowest BCUT2D eigenvalue weighted by Gasteiger charge is -2.17. The van der Waals surface area contributed by atoms with Gasteiger partial charge in [0.2, 0.25) is 0 Å². The van der Waals surface area contributed by atoms with Crippen LogP contribution in [0.1, 0.15) is 20.3 Å². The summed E-state index contributed by atoms with van der Waals surface area (Å²) in [6.45, 7) is 3.52. The predicted octanol–water partition coefficient (Wildman–Crippen LogP) is 1.95. The predicted molar refractivity (Wildman–Crippen MR) is 72.9 cm³/mol. The third kappa shape index (κ3) is 5.35. The number of nitrogens with one attached hydrogen (secondary N) is 1. The van der Waals surface area contributed by atoms with E-state index in [4.69, 9.17) is 9.84 Å². The van der Waals surface area contributed by atoms with Crippen molar-refractivity contribution in [2.24, 2.45) is 0 Å². The first-order valence-electron chi connectivity index (χ1n) is 6.37. The second-order valence-corrected chi connectivity index (χ2v) is 4.72. The Morgan fingerprint density at radius 3 is 2.71 bits per heavy atom. The molecular formula is C13H17FN2O5. The van der Waals surface area contributed by atoms with Gasteiger partial charge in [0, 0.05) is 24.6 Å². The van der Waals surface area contributed by atoms with Crippen LogP contribution in [0.15, 0.2) is 18.2 Å². The summed E-state index contributed by atoms with van der Waals surface area (Å²) in [4.78, 5) is 21.1. The second kappa shape index (κ2) is 7.53. The van der Waals surface area contributed by atoms with Gasteiger partial charge in [0.05, 0.1) is 11.5 Å².